The third-order valence-corrected chi connectivity index (χ3v) is 3.71. The zero-order valence-corrected chi connectivity index (χ0v) is 14.0. The average Bonchev–Trinajstić information content (AvgIpc) is 2.56. The summed E-state index contributed by atoms with van der Waals surface area (Å²) >= 11 is 6.16. The summed E-state index contributed by atoms with van der Waals surface area (Å²) in [5.41, 5.74) is 2.14. The summed E-state index contributed by atoms with van der Waals surface area (Å²) < 4.78 is 10.5. The van der Waals surface area contributed by atoms with E-state index in [1.54, 1.807) is 18.2 Å². The number of benzene rings is 2. The van der Waals surface area contributed by atoms with Crippen LogP contribution in [0.2, 0.25) is 5.02 Å². The van der Waals surface area contributed by atoms with E-state index < -0.39 is 5.97 Å². The minimum Gasteiger partial charge on any atom is -0.493 e. The number of para-hydroxylation sites is 2. The second kappa shape index (κ2) is 8.44. The Hall–Kier alpha value is -2.20. The first kappa shape index (κ1) is 17.2. The van der Waals surface area contributed by atoms with Crippen molar-refractivity contribution in [3.05, 3.63) is 58.6 Å². The van der Waals surface area contributed by atoms with Gasteiger partial charge in [0, 0.05) is 6.54 Å². The molecule has 0 aliphatic rings. The fourth-order valence-electron chi connectivity index (χ4n) is 2.17. The number of esters is 1. The number of hydrogen-bond acceptors (Lipinski definition) is 4. The fraction of sp³-hybridized carbons (Fsp3) is 0.278. The zero-order valence-electron chi connectivity index (χ0n) is 13.3. The van der Waals surface area contributed by atoms with Crippen LogP contribution < -0.4 is 10.1 Å². The van der Waals surface area contributed by atoms with E-state index in [4.69, 9.17) is 21.1 Å². The highest BCUT2D eigenvalue weighted by atomic mass is 35.5. The number of carbonyl (C=O) groups is 1. The lowest BCUT2D eigenvalue weighted by Gasteiger charge is -2.13. The third kappa shape index (κ3) is 4.63. The number of anilines is 1. The van der Waals surface area contributed by atoms with Crippen molar-refractivity contribution in [3.8, 4) is 5.75 Å². The SMILES string of the molecule is COC(=O)c1cccc(Cl)c1NCCCOc1ccccc1C. The molecule has 23 heavy (non-hydrogen) atoms. The highest BCUT2D eigenvalue weighted by Gasteiger charge is 2.14. The first-order valence-electron chi connectivity index (χ1n) is 7.42. The van der Waals surface area contributed by atoms with Gasteiger partial charge in [0.15, 0.2) is 0 Å². The molecule has 4 nitrogen and oxygen atoms in total. The van der Waals surface area contributed by atoms with Gasteiger partial charge in [-0.15, -0.1) is 0 Å². The Balaban J connectivity index is 1.87. The van der Waals surface area contributed by atoms with Crippen molar-refractivity contribution >= 4 is 23.3 Å². The summed E-state index contributed by atoms with van der Waals surface area (Å²) in [7, 11) is 1.35. The molecule has 0 saturated heterocycles. The van der Waals surface area contributed by atoms with Gasteiger partial charge in [0.05, 0.1) is 30.0 Å². The van der Waals surface area contributed by atoms with Crippen LogP contribution in [0.3, 0.4) is 0 Å². The molecular weight excluding hydrogens is 314 g/mol. The molecule has 2 aromatic carbocycles. The number of methoxy groups -OCH3 is 1. The van der Waals surface area contributed by atoms with E-state index in [0.717, 1.165) is 17.7 Å². The molecule has 0 aliphatic heterocycles. The fourth-order valence-corrected chi connectivity index (χ4v) is 2.41. The summed E-state index contributed by atoms with van der Waals surface area (Å²) in [5, 5.41) is 3.68. The Morgan fingerprint density at radius 3 is 2.70 bits per heavy atom. The Morgan fingerprint density at radius 2 is 1.96 bits per heavy atom. The third-order valence-electron chi connectivity index (χ3n) is 3.39. The van der Waals surface area contributed by atoms with Crippen LogP contribution in [0.5, 0.6) is 5.75 Å². The van der Waals surface area contributed by atoms with Gasteiger partial charge in [0.25, 0.3) is 0 Å². The Labute approximate surface area is 141 Å². The lowest BCUT2D eigenvalue weighted by molar-refractivity contribution is 0.0602. The van der Waals surface area contributed by atoms with E-state index in [1.165, 1.54) is 7.11 Å². The zero-order chi connectivity index (χ0) is 16.7. The van der Waals surface area contributed by atoms with Crippen LogP contribution >= 0.6 is 11.6 Å². The molecule has 0 radical (unpaired) electrons. The second-order valence-electron chi connectivity index (χ2n) is 5.05. The van der Waals surface area contributed by atoms with Gasteiger partial charge in [-0.3, -0.25) is 0 Å². The predicted octanol–water partition coefficient (Wildman–Crippen LogP) is 4.32. The molecule has 0 spiro atoms. The van der Waals surface area contributed by atoms with E-state index in [0.29, 0.717) is 29.4 Å². The average molecular weight is 334 g/mol. The lowest BCUT2D eigenvalue weighted by atomic mass is 10.1. The first-order valence-corrected chi connectivity index (χ1v) is 7.80. The Morgan fingerprint density at radius 1 is 1.17 bits per heavy atom. The molecule has 2 rings (SSSR count). The van der Waals surface area contributed by atoms with E-state index in [2.05, 4.69) is 5.32 Å². The number of carbonyl (C=O) groups excluding carboxylic acids is 1. The summed E-state index contributed by atoms with van der Waals surface area (Å²) in [6, 6.07) is 13.0. The molecule has 0 unspecified atom stereocenters. The first-order chi connectivity index (χ1) is 11.1. The van der Waals surface area contributed by atoms with Gasteiger partial charge in [-0.1, -0.05) is 35.9 Å². The van der Waals surface area contributed by atoms with E-state index >= 15 is 0 Å². The van der Waals surface area contributed by atoms with Crippen molar-refractivity contribution in [1.29, 1.82) is 0 Å². The monoisotopic (exact) mass is 333 g/mol. The van der Waals surface area contributed by atoms with Crippen molar-refractivity contribution in [2.45, 2.75) is 13.3 Å². The maximum Gasteiger partial charge on any atom is 0.340 e. The van der Waals surface area contributed by atoms with E-state index in [-0.39, 0.29) is 0 Å². The number of ether oxygens (including phenoxy) is 2. The van der Waals surface area contributed by atoms with Crippen LogP contribution in [0, 0.1) is 6.92 Å². The molecule has 0 amide bonds. The van der Waals surface area contributed by atoms with Crippen LogP contribution in [0.4, 0.5) is 5.69 Å². The van der Waals surface area contributed by atoms with Gasteiger partial charge < -0.3 is 14.8 Å². The summed E-state index contributed by atoms with van der Waals surface area (Å²) in [4.78, 5) is 11.8. The lowest BCUT2D eigenvalue weighted by Crippen LogP contribution is -2.12. The van der Waals surface area contributed by atoms with Gasteiger partial charge in [0.1, 0.15) is 5.75 Å². The largest absolute Gasteiger partial charge is 0.493 e. The predicted molar refractivity (Wildman–Crippen MR) is 92.6 cm³/mol. The molecule has 122 valence electrons. The maximum atomic E-state index is 11.8. The highest BCUT2D eigenvalue weighted by molar-refractivity contribution is 6.34. The molecule has 0 atom stereocenters. The van der Waals surface area contributed by atoms with Crippen LogP contribution in [0.15, 0.2) is 42.5 Å². The van der Waals surface area contributed by atoms with Crippen molar-refractivity contribution < 1.29 is 14.3 Å². The molecule has 0 fully saturated rings. The van der Waals surface area contributed by atoms with Gasteiger partial charge in [-0.25, -0.2) is 4.79 Å². The molecule has 0 heterocycles. The van der Waals surface area contributed by atoms with Gasteiger partial charge >= 0.3 is 5.97 Å². The molecule has 1 N–H and O–H groups in total. The minimum atomic E-state index is -0.411. The number of aryl methyl sites for hydroxylation is 1. The highest BCUT2D eigenvalue weighted by Crippen LogP contribution is 2.26. The Bertz CT molecular complexity index is 673. The van der Waals surface area contributed by atoms with Gasteiger partial charge in [0.2, 0.25) is 0 Å². The molecular formula is C18H20ClNO3. The topological polar surface area (TPSA) is 47.6 Å². The summed E-state index contributed by atoms with van der Waals surface area (Å²) in [6.07, 6.45) is 0.778. The van der Waals surface area contributed by atoms with E-state index in [9.17, 15) is 4.79 Å². The van der Waals surface area contributed by atoms with Crippen LogP contribution in [-0.2, 0) is 4.74 Å². The Kier molecular flexibility index (Phi) is 6.29. The summed E-state index contributed by atoms with van der Waals surface area (Å²) in [6.45, 7) is 3.23. The molecule has 0 saturated carbocycles. The number of nitrogens with one attached hydrogen (secondary N) is 1. The number of rotatable bonds is 7. The minimum absolute atomic E-state index is 0.411. The molecule has 2 aromatic rings. The molecule has 0 aromatic heterocycles. The van der Waals surface area contributed by atoms with E-state index in [1.807, 2.05) is 31.2 Å². The van der Waals surface area contributed by atoms with Crippen LogP contribution in [0.25, 0.3) is 0 Å². The van der Waals surface area contributed by atoms with Crippen molar-refractivity contribution in [2.75, 3.05) is 25.6 Å². The van der Waals surface area contributed by atoms with Crippen molar-refractivity contribution in [2.24, 2.45) is 0 Å². The second-order valence-corrected chi connectivity index (χ2v) is 5.46. The van der Waals surface area contributed by atoms with Gasteiger partial charge in [-0.05, 0) is 37.1 Å². The van der Waals surface area contributed by atoms with Crippen LogP contribution in [0.1, 0.15) is 22.3 Å². The molecule has 5 heteroatoms. The van der Waals surface area contributed by atoms with Gasteiger partial charge in [-0.2, -0.15) is 0 Å². The quantitative estimate of drug-likeness (QED) is 0.605. The smallest absolute Gasteiger partial charge is 0.340 e. The number of hydrogen-bond donors (Lipinski definition) is 1. The molecule has 0 aliphatic carbocycles. The summed E-state index contributed by atoms with van der Waals surface area (Å²) in [5.74, 6) is 0.478. The van der Waals surface area contributed by atoms with Crippen molar-refractivity contribution in [3.63, 3.8) is 0 Å². The van der Waals surface area contributed by atoms with Crippen LogP contribution in [-0.4, -0.2) is 26.2 Å². The maximum absolute atomic E-state index is 11.8. The normalized spacial score (nSPS) is 10.2. The standard InChI is InChI=1S/C18H20ClNO3/c1-13-7-3-4-10-16(13)23-12-6-11-20-17-14(18(21)22-2)8-5-9-15(17)19/h3-5,7-10,20H,6,11-12H2,1-2H3. The molecule has 0 bridgehead atoms. The van der Waals surface area contributed by atoms with Crippen molar-refractivity contribution in [1.82, 2.24) is 0 Å². The number of halogens is 1.